The van der Waals surface area contributed by atoms with Gasteiger partial charge in [0.15, 0.2) is 5.76 Å². The first-order valence-corrected chi connectivity index (χ1v) is 6.54. The van der Waals surface area contributed by atoms with E-state index in [0.717, 1.165) is 19.3 Å². The number of furan rings is 1. The van der Waals surface area contributed by atoms with Crippen molar-refractivity contribution in [2.45, 2.75) is 45.6 Å². The van der Waals surface area contributed by atoms with Crippen LogP contribution in [0.4, 0.5) is 0 Å². The number of carbonyl (C=O) groups excluding carboxylic acids is 1. The summed E-state index contributed by atoms with van der Waals surface area (Å²) in [6.45, 7) is 4.28. The maximum Gasteiger partial charge on any atom is 0.371 e. The minimum Gasteiger partial charge on any atom is -0.475 e. The lowest BCUT2D eigenvalue weighted by Gasteiger charge is -2.38. The van der Waals surface area contributed by atoms with Gasteiger partial charge in [0.25, 0.3) is 5.91 Å². The number of carbonyl (C=O) groups is 2. The van der Waals surface area contributed by atoms with Crippen LogP contribution in [0.15, 0.2) is 16.5 Å². The number of amides is 1. The highest BCUT2D eigenvalue weighted by molar-refractivity contribution is 5.93. The quantitative estimate of drug-likeness (QED) is 0.880. The van der Waals surface area contributed by atoms with E-state index in [1.165, 1.54) is 18.6 Å². The van der Waals surface area contributed by atoms with Crippen LogP contribution in [0.5, 0.6) is 0 Å². The van der Waals surface area contributed by atoms with Crippen LogP contribution in [-0.2, 0) is 0 Å². The average molecular weight is 265 g/mol. The average Bonchev–Trinajstić information content (AvgIpc) is 2.81. The Morgan fingerprint density at radius 3 is 2.58 bits per heavy atom. The third kappa shape index (κ3) is 2.97. The summed E-state index contributed by atoms with van der Waals surface area (Å²) in [5, 5.41) is 11.7. The zero-order valence-corrected chi connectivity index (χ0v) is 11.2. The molecule has 2 rings (SSSR count). The largest absolute Gasteiger partial charge is 0.475 e. The molecule has 1 amide bonds. The predicted octanol–water partition coefficient (Wildman–Crippen LogP) is 2.68. The number of aromatic carboxylic acids is 1. The van der Waals surface area contributed by atoms with Crippen LogP contribution in [0.2, 0.25) is 0 Å². The smallest absolute Gasteiger partial charge is 0.371 e. The lowest BCUT2D eigenvalue weighted by atomic mass is 9.73. The molecule has 1 saturated carbocycles. The molecule has 5 nitrogen and oxygen atoms in total. The van der Waals surface area contributed by atoms with Gasteiger partial charge in [0, 0.05) is 6.04 Å². The van der Waals surface area contributed by atoms with Crippen LogP contribution in [-0.4, -0.2) is 23.0 Å². The summed E-state index contributed by atoms with van der Waals surface area (Å²) in [7, 11) is 0. The first-order valence-electron chi connectivity index (χ1n) is 6.54. The second kappa shape index (κ2) is 5.07. The summed E-state index contributed by atoms with van der Waals surface area (Å²) in [6.07, 6.45) is 4.32. The summed E-state index contributed by atoms with van der Waals surface area (Å²) in [5.41, 5.74) is 0.0656. The number of hydrogen-bond acceptors (Lipinski definition) is 3. The highest BCUT2D eigenvalue weighted by Gasteiger charge is 2.33. The summed E-state index contributed by atoms with van der Waals surface area (Å²) < 4.78 is 5.00. The van der Waals surface area contributed by atoms with Gasteiger partial charge in [-0.2, -0.15) is 0 Å². The maximum atomic E-state index is 12.0. The first kappa shape index (κ1) is 13.6. The van der Waals surface area contributed by atoms with Crippen LogP contribution in [0.1, 0.15) is 60.6 Å². The zero-order valence-electron chi connectivity index (χ0n) is 11.2. The van der Waals surface area contributed by atoms with Gasteiger partial charge in [-0.25, -0.2) is 4.79 Å². The van der Waals surface area contributed by atoms with Crippen molar-refractivity contribution >= 4 is 11.9 Å². The standard InChI is InChI=1S/C14H19NO4/c1-14(2)8-4-3-5-11(14)15-12(16)9-6-7-10(19-9)13(17)18/h6-7,11H,3-5,8H2,1-2H3,(H,15,16)(H,17,18). The topological polar surface area (TPSA) is 79.5 Å². The Hall–Kier alpha value is -1.78. The molecule has 1 aromatic heterocycles. The summed E-state index contributed by atoms with van der Waals surface area (Å²) in [6, 6.07) is 2.80. The van der Waals surface area contributed by atoms with Gasteiger partial charge in [-0.3, -0.25) is 4.79 Å². The van der Waals surface area contributed by atoms with Crippen LogP contribution in [0, 0.1) is 5.41 Å². The third-order valence-corrected chi connectivity index (χ3v) is 3.85. The molecule has 1 unspecified atom stereocenters. The Labute approximate surface area is 112 Å². The number of rotatable bonds is 3. The fourth-order valence-electron chi connectivity index (χ4n) is 2.57. The van der Waals surface area contributed by atoms with Gasteiger partial charge in [0.05, 0.1) is 0 Å². The van der Waals surface area contributed by atoms with E-state index in [0.29, 0.717) is 0 Å². The van der Waals surface area contributed by atoms with Crippen molar-refractivity contribution in [1.29, 1.82) is 0 Å². The molecule has 104 valence electrons. The molecule has 0 radical (unpaired) electrons. The molecule has 0 aromatic carbocycles. The molecule has 1 atom stereocenters. The van der Waals surface area contributed by atoms with Crippen molar-refractivity contribution in [3.05, 3.63) is 23.7 Å². The molecular formula is C14H19NO4. The number of carboxylic acids is 1. The highest BCUT2D eigenvalue weighted by Crippen LogP contribution is 2.35. The summed E-state index contributed by atoms with van der Waals surface area (Å²) in [4.78, 5) is 22.7. The van der Waals surface area contributed by atoms with Gasteiger partial charge in [-0.05, 0) is 30.4 Å². The number of nitrogens with one attached hydrogen (secondary N) is 1. The van der Waals surface area contributed by atoms with E-state index in [9.17, 15) is 9.59 Å². The summed E-state index contributed by atoms with van der Waals surface area (Å²) in [5.74, 6) is -1.67. The second-order valence-corrected chi connectivity index (χ2v) is 5.73. The van der Waals surface area contributed by atoms with E-state index in [1.54, 1.807) is 0 Å². The highest BCUT2D eigenvalue weighted by atomic mass is 16.4. The first-order chi connectivity index (χ1) is 8.90. The van der Waals surface area contributed by atoms with E-state index in [1.807, 2.05) is 0 Å². The van der Waals surface area contributed by atoms with E-state index in [2.05, 4.69) is 19.2 Å². The SMILES string of the molecule is CC1(C)CCCCC1NC(=O)c1ccc(C(=O)O)o1. The summed E-state index contributed by atoms with van der Waals surface area (Å²) >= 11 is 0. The fourth-order valence-corrected chi connectivity index (χ4v) is 2.57. The molecule has 5 heteroatoms. The Morgan fingerprint density at radius 1 is 1.32 bits per heavy atom. The predicted molar refractivity (Wildman–Crippen MR) is 69.2 cm³/mol. The Morgan fingerprint density at radius 2 is 2.00 bits per heavy atom. The minimum atomic E-state index is -1.17. The van der Waals surface area contributed by atoms with Crippen molar-refractivity contribution in [2.24, 2.45) is 5.41 Å². The van der Waals surface area contributed by atoms with Crippen LogP contribution >= 0.6 is 0 Å². The Bertz CT molecular complexity index is 489. The lowest BCUT2D eigenvalue weighted by Crippen LogP contribution is -2.46. The Balaban J connectivity index is 2.05. The van der Waals surface area contributed by atoms with Crippen molar-refractivity contribution < 1.29 is 19.1 Å². The van der Waals surface area contributed by atoms with Gasteiger partial charge in [0.2, 0.25) is 5.76 Å². The molecule has 2 N–H and O–H groups in total. The van der Waals surface area contributed by atoms with Crippen molar-refractivity contribution in [1.82, 2.24) is 5.32 Å². The molecule has 19 heavy (non-hydrogen) atoms. The molecule has 0 saturated heterocycles. The van der Waals surface area contributed by atoms with Gasteiger partial charge < -0.3 is 14.8 Å². The van der Waals surface area contributed by atoms with E-state index in [-0.39, 0.29) is 28.9 Å². The number of carboxylic acid groups (broad SMARTS) is 1. The van der Waals surface area contributed by atoms with Gasteiger partial charge in [-0.1, -0.05) is 26.7 Å². The van der Waals surface area contributed by atoms with Crippen LogP contribution in [0.3, 0.4) is 0 Å². The molecule has 1 aliphatic carbocycles. The monoisotopic (exact) mass is 265 g/mol. The molecule has 1 aliphatic rings. The van der Waals surface area contributed by atoms with Crippen molar-refractivity contribution in [3.63, 3.8) is 0 Å². The van der Waals surface area contributed by atoms with Crippen molar-refractivity contribution in [2.75, 3.05) is 0 Å². The maximum absolute atomic E-state index is 12.0. The van der Waals surface area contributed by atoms with E-state index in [4.69, 9.17) is 9.52 Å². The zero-order chi connectivity index (χ0) is 14.0. The van der Waals surface area contributed by atoms with Crippen LogP contribution in [0.25, 0.3) is 0 Å². The molecule has 0 bridgehead atoms. The van der Waals surface area contributed by atoms with Crippen LogP contribution < -0.4 is 5.32 Å². The molecule has 1 fully saturated rings. The molecule has 0 spiro atoms. The minimum absolute atomic E-state index is 0.0544. The molecule has 1 aromatic rings. The van der Waals surface area contributed by atoms with Gasteiger partial charge in [0.1, 0.15) is 0 Å². The molecule has 1 heterocycles. The molecular weight excluding hydrogens is 246 g/mol. The van der Waals surface area contributed by atoms with Crippen molar-refractivity contribution in [3.8, 4) is 0 Å². The van der Waals surface area contributed by atoms with Gasteiger partial charge in [-0.15, -0.1) is 0 Å². The second-order valence-electron chi connectivity index (χ2n) is 5.73. The lowest BCUT2D eigenvalue weighted by molar-refractivity contribution is 0.0657. The number of hydrogen-bond donors (Lipinski definition) is 2. The normalized spacial score (nSPS) is 21.9. The Kier molecular flexibility index (Phi) is 3.64. The fraction of sp³-hybridized carbons (Fsp3) is 0.571. The third-order valence-electron chi connectivity index (χ3n) is 3.85. The van der Waals surface area contributed by atoms with Gasteiger partial charge >= 0.3 is 5.97 Å². The molecule has 0 aliphatic heterocycles. The van der Waals surface area contributed by atoms with E-state index >= 15 is 0 Å². The van der Waals surface area contributed by atoms with E-state index < -0.39 is 5.97 Å².